The monoisotopic (exact) mass is 360 g/mol. The Hall–Kier alpha value is -2.03. The number of nitrogens with zero attached hydrogens (tertiary/aromatic N) is 2. The number of carbonyl (C=O) groups excluding carboxylic acids is 2. The Labute approximate surface area is 139 Å². The fourth-order valence-corrected chi connectivity index (χ4v) is 3.34. The Bertz CT molecular complexity index is 732. The maximum absolute atomic E-state index is 12.5. The number of hydrogen-bond donors (Lipinski definition) is 0. The Morgan fingerprint density at radius 3 is 2.29 bits per heavy atom. The van der Waals surface area contributed by atoms with Gasteiger partial charge in [-0.15, -0.1) is 0 Å². The molecule has 0 aromatic heterocycles. The van der Waals surface area contributed by atoms with E-state index in [2.05, 4.69) is 0 Å². The molecule has 0 bridgehead atoms. The summed E-state index contributed by atoms with van der Waals surface area (Å²) in [6.07, 6.45) is 1.24. The third kappa shape index (κ3) is 3.40. The highest BCUT2D eigenvalue weighted by Gasteiger charge is 2.35. The summed E-state index contributed by atoms with van der Waals surface area (Å²) in [6.45, 7) is 0.417. The lowest BCUT2D eigenvalue weighted by Crippen LogP contribution is -2.45. The van der Waals surface area contributed by atoms with E-state index < -0.39 is 32.4 Å². The highest BCUT2D eigenvalue weighted by atomic mass is 32.2. The molecule has 1 unspecified atom stereocenters. The molecule has 2 amide bonds. The molecule has 1 atom stereocenters. The number of halogens is 2. The van der Waals surface area contributed by atoms with Crippen LogP contribution in [0, 0.1) is 0 Å². The molecule has 0 spiro atoms. The first-order valence-electron chi connectivity index (χ1n) is 7.30. The lowest BCUT2D eigenvalue weighted by molar-refractivity contribution is -0.132. The van der Waals surface area contributed by atoms with Crippen LogP contribution >= 0.6 is 0 Å². The zero-order valence-corrected chi connectivity index (χ0v) is 14.1. The number of likely N-dealkylation sites (N-methyl/N-ethyl adjacent to an activating group) is 1. The molecule has 6 nitrogen and oxygen atoms in total. The van der Waals surface area contributed by atoms with Gasteiger partial charge in [-0.1, -0.05) is 0 Å². The number of benzene rings is 1. The van der Waals surface area contributed by atoms with Crippen molar-refractivity contribution >= 4 is 21.7 Å². The fraction of sp³-hybridized carbons (Fsp3) is 0.467. The maximum Gasteiger partial charge on any atom is 0.341 e. The second kappa shape index (κ2) is 6.84. The average molecular weight is 360 g/mol. The van der Waals surface area contributed by atoms with Crippen LogP contribution in [0.3, 0.4) is 0 Å². The van der Waals surface area contributed by atoms with Crippen molar-refractivity contribution in [3.05, 3.63) is 29.8 Å². The number of amides is 2. The Morgan fingerprint density at radius 2 is 1.79 bits per heavy atom. The summed E-state index contributed by atoms with van der Waals surface area (Å²) < 4.78 is 47.8. The molecule has 1 fully saturated rings. The molecule has 1 aromatic carbocycles. The van der Waals surface area contributed by atoms with E-state index in [0.29, 0.717) is 19.4 Å². The molecule has 1 aliphatic heterocycles. The molecule has 0 aliphatic carbocycles. The van der Waals surface area contributed by atoms with Gasteiger partial charge in [0, 0.05) is 26.2 Å². The third-order valence-electron chi connectivity index (χ3n) is 3.90. The summed E-state index contributed by atoms with van der Waals surface area (Å²) >= 11 is 0. The van der Waals surface area contributed by atoms with E-state index in [1.807, 2.05) is 0 Å². The van der Waals surface area contributed by atoms with E-state index in [1.54, 1.807) is 14.1 Å². The van der Waals surface area contributed by atoms with E-state index in [0.717, 1.165) is 12.1 Å². The van der Waals surface area contributed by atoms with Crippen molar-refractivity contribution in [2.75, 3.05) is 20.6 Å². The van der Waals surface area contributed by atoms with Crippen molar-refractivity contribution in [3.63, 3.8) is 0 Å². The standard InChI is InChI=1S/C15H18F2N2O4S/c1-18(2)14(21)12-4-3-9-19(12)13(20)10-5-7-11(8-6-10)24(22,23)15(16)17/h5-8,12,15H,3-4,9H2,1-2H3. The third-order valence-corrected chi connectivity index (χ3v) is 5.30. The maximum atomic E-state index is 12.5. The van der Waals surface area contributed by atoms with Crippen molar-refractivity contribution in [1.29, 1.82) is 0 Å². The second-order valence-corrected chi connectivity index (χ2v) is 7.64. The minimum atomic E-state index is -4.69. The lowest BCUT2D eigenvalue weighted by atomic mass is 10.1. The largest absolute Gasteiger partial charge is 0.347 e. The van der Waals surface area contributed by atoms with Crippen LogP contribution in [0.5, 0.6) is 0 Å². The SMILES string of the molecule is CN(C)C(=O)C1CCCN1C(=O)c1ccc(S(=O)(=O)C(F)F)cc1. The quantitative estimate of drug-likeness (QED) is 0.813. The number of hydrogen-bond acceptors (Lipinski definition) is 4. The Balaban J connectivity index is 2.23. The first kappa shape index (κ1) is 18.3. The van der Waals surface area contributed by atoms with E-state index in [1.165, 1.54) is 21.9 Å². The first-order valence-corrected chi connectivity index (χ1v) is 8.85. The number of likely N-dealkylation sites (tertiary alicyclic amines) is 1. The topological polar surface area (TPSA) is 74.8 Å². The predicted molar refractivity (Wildman–Crippen MR) is 82.4 cm³/mol. The smallest absolute Gasteiger partial charge is 0.341 e. The van der Waals surface area contributed by atoms with Gasteiger partial charge in [-0.25, -0.2) is 8.42 Å². The van der Waals surface area contributed by atoms with Crippen molar-refractivity contribution in [3.8, 4) is 0 Å². The minimum absolute atomic E-state index is 0.154. The molecular weight excluding hydrogens is 342 g/mol. The normalized spacial score (nSPS) is 18.0. The van der Waals surface area contributed by atoms with Gasteiger partial charge in [-0.05, 0) is 37.1 Å². The molecular formula is C15H18F2N2O4S. The van der Waals surface area contributed by atoms with Crippen LogP contribution in [-0.4, -0.2) is 62.5 Å². The van der Waals surface area contributed by atoms with Gasteiger partial charge in [0.2, 0.25) is 15.7 Å². The van der Waals surface area contributed by atoms with Crippen LogP contribution in [0.2, 0.25) is 0 Å². The van der Waals surface area contributed by atoms with Crippen LogP contribution in [0.4, 0.5) is 8.78 Å². The van der Waals surface area contributed by atoms with Crippen molar-refractivity contribution in [1.82, 2.24) is 9.80 Å². The fourth-order valence-electron chi connectivity index (χ4n) is 2.62. The Morgan fingerprint density at radius 1 is 1.21 bits per heavy atom. The molecule has 1 aliphatic rings. The summed E-state index contributed by atoms with van der Waals surface area (Å²) in [5, 5.41) is 0. The molecule has 0 saturated carbocycles. The van der Waals surface area contributed by atoms with Gasteiger partial charge in [0.15, 0.2) is 0 Å². The van der Waals surface area contributed by atoms with Crippen molar-refractivity contribution in [2.45, 2.75) is 29.5 Å². The molecule has 1 aromatic rings. The van der Waals surface area contributed by atoms with E-state index >= 15 is 0 Å². The summed E-state index contributed by atoms with van der Waals surface area (Å²) in [6, 6.07) is 3.78. The van der Waals surface area contributed by atoms with E-state index in [9.17, 15) is 26.8 Å². The van der Waals surface area contributed by atoms with Crippen LogP contribution in [0.15, 0.2) is 29.2 Å². The lowest BCUT2D eigenvalue weighted by Gasteiger charge is -2.26. The van der Waals surface area contributed by atoms with E-state index in [-0.39, 0.29) is 11.5 Å². The summed E-state index contributed by atoms with van der Waals surface area (Å²) in [5.41, 5.74) is 0.154. The predicted octanol–water partition coefficient (Wildman–Crippen LogP) is 1.38. The molecule has 132 valence electrons. The van der Waals surface area contributed by atoms with Gasteiger partial charge < -0.3 is 9.80 Å². The Kier molecular flexibility index (Phi) is 5.22. The zero-order valence-electron chi connectivity index (χ0n) is 13.3. The first-order chi connectivity index (χ1) is 11.2. The molecule has 2 rings (SSSR count). The minimum Gasteiger partial charge on any atom is -0.347 e. The van der Waals surface area contributed by atoms with Crippen LogP contribution in [-0.2, 0) is 14.6 Å². The number of alkyl halides is 2. The highest BCUT2D eigenvalue weighted by molar-refractivity contribution is 7.91. The van der Waals surface area contributed by atoms with Gasteiger partial charge in [0.25, 0.3) is 5.91 Å². The van der Waals surface area contributed by atoms with Gasteiger partial charge >= 0.3 is 5.76 Å². The van der Waals surface area contributed by atoms with Crippen LogP contribution in [0.1, 0.15) is 23.2 Å². The second-order valence-electron chi connectivity index (χ2n) is 5.72. The van der Waals surface area contributed by atoms with Crippen molar-refractivity contribution in [2.24, 2.45) is 0 Å². The van der Waals surface area contributed by atoms with Crippen molar-refractivity contribution < 1.29 is 26.8 Å². The number of carbonyl (C=O) groups is 2. The average Bonchev–Trinajstić information content (AvgIpc) is 3.02. The van der Waals surface area contributed by atoms with Gasteiger partial charge in [0.05, 0.1) is 4.90 Å². The molecule has 1 heterocycles. The van der Waals surface area contributed by atoms with Crippen LogP contribution < -0.4 is 0 Å². The van der Waals surface area contributed by atoms with Crippen LogP contribution in [0.25, 0.3) is 0 Å². The van der Waals surface area contributed by atoms with Gasteiger partial charge in [-0.3, -0.25) is 9.59 Å². The molecule has 24 heavy (non-hydrogen) atoms. The summed E-state index contributed by atoms with van der Waals surface area (Å²) in [7, 11) is -1.48. The number of sulfone groups is 1. The van der Waals surface area contributed by atoms with E-state index in [4.69, 9.17) is 0 Å². The highest BCUT2D eigenvalue weighted by Crippen LogP contribution is 2.23. The molecule has 0 radical (unpaired) electrons. The van der Waals surface area contributed by atoms with Gasteiger partial charge in [0.1, 0.15) is 6.04 Å². The molecule has 1 saturated heterocycles. The number of rotatable bonds is 4. The zero-order chi connectivity index (χ0) is 18.1. The molecule has 0 N–H and O–H groups in total. The summed E-state index contributed by atoms with van der Waals surface area (Å²) in [5.74, 6) is -4.12. The van der Waals surface area contributed by atoms with Gasteiger partial charge in [-0.2, -0.15) is 8.78 Å². The molecule has 9 heteroatoms. The summed E-state index contributed by atoms with van der Waals surface area (Å²) in [4.78, 5) is 27.0.